The van der Waals surface area contributed by atoms with Crippen LogP contribution in [-0.2, 0) is 4.74 Å². The summed E-state index contributed by atoms with van der Waals surface area (Å²) in [5, 5.41) is 0. The summed E-state index contributed by atoms with van der Waals surface area (Å²) in [5.74, 6) is 5.15. The minimum atomic E-state index is -0.104. The van der Waals surface area contributed by atoms with E-state index in [4.69, 9.17) is 33.2 Å². The van der Waals surface area contributed by atoms with Gasteiger partial charge < -0.3 is 33.2 Å². The highest BCUT2D eigenvalue weighted by molar-refractivity contribution is 14.1. The second kappa shape index (κ2) is 12.3. The Morgan fingerprint density at radius 1 is 0.725 bits per heavy atom. The third kappa shape index (κ3) is 5.52. The van der Waals surface area contributed by atoms with E-state index in [0.717, 1.165) is 39.7 Å². The van der Waals surface area contributed by atoms with Gasteiger partial charge in [0.1, 0.15) is 6.10 Å². The lowest BCUT2D eigenvalue weighted by atomic mass is 9.85. The van der Waals surface area contributed by atoms with Crippen LogP contribution in [0.25, 0.3) is 0 Å². The van der Waals surface area contributed by atoms with Gasteiger partial charge in [-0.05, 0) is 71.8 Å². The van der Waals surface area contributed by atoms with Crippen molar-refractivity contribution >= 4 is 22.6 Å². The van der Waals surface area contributed by atoms with Crippen LogP contribution < -0.4 is 28.4 Å². The Balaban J connectivity index is 0.00000158. The van der Waals surface area contributed by atoms with E-state index in [9.17, 15) is 0 Å². The molecule has 3 heterocycles. The molecule has 0 spiro atoms. The van der Waals surface area contributed by atoms with E-state index in [1.165, 1.54) is 0 Å². The molecule has 8 heteroatoms. The van der Waals surface area contributed by atoms with Crippen LogP contribution in [0.4, 0.5) is 0 Å². The fraction of sp³-hybridized carbons (Fsp3) is 0.438. The zero-order valence-electron chi connectivity index (χ0n) is 23.8. The number of hydrogen-bond donors (Lipinski definition) is 0. The molecule has 6 atom stereocenters. The van der Waals surface area contributed by atoms with Gasteiger partial charge in [-0.1, -0.05) is 68.5 Å². The largest absolute Gasteiger partial charge is 0.493 e. The maximum absolute atomic E-state index is 6.65. The van der Waals surface area contributed by atoms with Crippen molar-refractivity contribution in [2.24, 2.45) is 11.8 Å². The zero-order chi connectivity index (χ0) is 28.4. The van der Waals surface area contributed by atoms with Crippen molar-refractivity contribution in [3.05, 3.63) is 71.3 Å². The van der Waals surface area contributed by atoms with Gasteiger partial charge in [0, 0.05) is 0 Å². The minimum Gasteiger partial charge on any atom is -0.493 e. The van der Waals surface area contributed by atoms with Gasteiger partial charge in [-0.15, -0.1) is 0 Å². The molecule has 0 aliphatic carbocycles. The van der Waals surface area contributed by atoms with Crippen molar-refractivity contribution in [2.75, 3.05) is 20.7 Å². The molecule has 3 aromatic carbocycles. The summed E-state index contributed by atoms with van der Waals surface area (Å²) in [5.41, 5.74) is 3.30. The molecular weight excluding hydrogens is 623 g/mol. The third-order valence-electron chi connectivity index (χ3n) is 7.76. The average Bonchev–Trinajstić information content (AvgIpc) is 3.72. The number of benzene rings is 3. The molecular formula is C32H37IO7. The molecule has 1 fully saturated rings. The van der Waals surface area contributed by atoms with Gasteiger partial charge in [-0.3, -0.25) is 0 Å². The van der Waals surface area contributed by atoms with Crippen molar-refractivity contribution in [3.8, 4) is 34.5 Å². The Bertz CT molecular complexity index is 1330. The number of methoxy groups -OCH3 is 1. The van der Waals surface area contributed by atoms with Crippen LogP contribution in [0.2, 0.25) is 0 Å². The van der Waals surface area contributed by atoms with Gasteiger partial charge in [0.2, 0.25) is 13.6 Å². The van der Waals surface area contributed by atoms with Gasteiger partial charge in [0.05, 0.1) is 23.2 Å². The molecule has 0 amide bonds. The number of hydrogen-bond acceptors (Lipinski definition) is 7. The number of alkyl halides is 1. The first-order valence-electron chi connectivity index (χ1n) is 13.9. The van der Waals surface area contributed by atoms with Crippen LogP contribution in [0.5, 0.6) is 34.5 Å². The molecule has 6 unspecified atom stereocenters. The van der Waals surface area contributed by atoms with E-state index in [2.05, 4.69) is 61.6 Å². The molecule has 7 nitrogen and oxygen atoms in total. The van der Waals surface area contributed by atoms with Crippen molar-refractivity contribution in [2.45, 2.75) is 56.9 Å². The van der Waals surface area contributed by atoms with Crippen LogP contribution >= 0.6 is 22.6 Å². The molecule has 0 bridgehead atoms. The summed E-state index contributed by atoms with van der Waals surface area (Å²) in [6, 6.07) is 18.2. The van der Waals surface area contributed by atoms with Crippen molar-refractivity contribution in [1.82, 2.24) is 0 Å². The molecule has 0 saturated carbocycles. The Kier molecular flexibility index (Phi) is 8.85. The lowest BCUT2D eigenvalue weighted by Crippen LogP contribution is -2.18. The van der Waals surface area contributed by atoms with Gasteiger partial charge in [-0.2, -0.15) is 0 Å². The lowest BCUT2D eigenvalue weighted by molar-refractivity contribution is 0.0288. The molecule has 0 N–H and O–H groups in total. The summed E-state index contributed by atoms with van der Waals surface area (Å²) >= 11 is 2.41. The number of fused-ring (bicyclic) bond motifs is 2. The van der Waals surface area contributed by atoms with Gasteiger partial charge in [0.15, 0.2) is 34.5 Å². The van der Waals surface area contributed by atoms with E-state index in [-0.39, 0.29) is 35.8 Å². The first-order valence-corrected chi connectivity index (χ1v) is 15.1. The molecule has 0 aromatic heterocycles. The summed E-state index contributed by atoms with van der Waals surface area (Å²) < 4.78 is 41.0. The predicted octanol–water partition coefficient (Wildman–Crippen LogP) is 8.21. The van der Waals surface area contributed by atoms with Gasteiger partial charge >= 0.3 is 0 Å². The molecule has 40 heavy (non-hydrogen) atoms. The quantitative estimate of drug-likeness (QED) is 0.187. The van der Waals surface area contributed by atoms with E-state index in [1.807, 2.05) is 50.2 Å². The second-order valence-corrected chi connectivity index (χ2v) is 11.4. The fourth-order valence-electron chi connectivity index (χ4n) is 5.39. The normalized spacial score (nSPS) is 23.7. The lowest BCUT2D eigenvalue weighted by Gasteiger charge is -2.23. The third-order valence-corrected chi connectivity index (χ3v) is 9.49. The monoisotopic (exact) mass is 660 g/mol. The van der Waals surface area contributed by atoms with Crippen molar-refractivity contribution in [1.29, 1.82) is 0 Å². The highest BCUT2D eigenvalue weighted by Gasteiger charge is 2.41. The highest BCUT2D eigenvalue weighted by Crippen LogP contribution is 2.51. The number of ether oxygens (including phenoxy) is 7. The molecule has 6 rings (SSSR count). The fourth-order valence-corrected chi connectivity index (χ4v) is 5.92. The van der Waals surface area contributed by atoms with Crippen molar-refractivity contribution < 1.29 is 33.2 Å². The van der Waals surface area contributed by atoms with E-state index in [0.29, 0.717) is 23.3 Å². The minimum absolute atomic E-state index is 0.0343. The average molecular weight is 661 g/mol. The van der Waals surface area contributed by atoms with E-state index in [1.54, 1.807) is 7.11 Å². The van der Waals surface area contributed by atoms with Crippen LogP contribution in [0.1, 0.15) is 67.4 Å². The van der Waals surface area contributed by atoms with Crippen LogP contribution in [0, 0.1) is 11.8 Å². The van der Waals surface area contributed by atoms with E-state index >= 15 is 0 Å². The molecule has 0 radical (unpaired) electrons. The number of halogens is 1. The van der Waals surface area contributed by atoms with Crippen LogP contribution in [0.3, 0.4) is 0 Å². The molecule has 3 aliphatic heterocycles. The van der Waals surface area contributed by atoms with Crippen LogP contribution in [-0.4, -0.2) is 26.8 Å². The summed E-state index contributed by atoms with van der Waals surface area (Å²) in [7, 11) is 1.67. The topological polar surface area (TPSA) is 64.6 Å². The summed E-state index contributed by atoms with van der Waals surface area (Å²) in [6.07, 6.45) is -0.201. The first kappa shape index (κ1) is 28.7. The van der Waals surface area contributed by atoms with Crippen molar-refractivity contribution in [3.63, 3.8) is 0 Å². The molecule has 3 aliphatic rings. The summed E-state index contributed by atoms with van der Waals surface area (Å²) in [4.78, 5) is 0. The molecule has 214 valence electrons. The van der Waals surface area contributed by atoms with Gasteiger partial charge in [0.25, 0.3) is 0 Å². The molecule has 3 aromatic rings. The maximum atomic E-state index is 6.65. The second-order valence-electron chi connectivity index (χ2n) is 10.1. The van der Waals surface area contributed by atoms with Gasteiger partial charge in [-0.25, -0.2) is 0 Å². The SMILES string of the molecule is CC.COc1cc(C2OC(c3ccc4c(c3)OCO4)C(C)C2C)ccc1OC(C)C(I)c1ccc2c(c1)OCO2. The first-order chi connectivity index (χ1) is 19.4. The smallest absolute Gasteiger partial charge is 0.231 e. The predicted molar refractivity (Wildman–Crippen MR) is 161 cm³/mol. The Morgan fingerprint density at radius 3 is 1.93 bits per heavy atom. The zero-order valence-corrected chi connectivity index (χ0v) is 26.0. The van der Waals surface area contributed by atoms with Crippen LogP contribution in [0.15, 0.2) is 54.6 Å². The Labute approximate surface area is 250 Å². The standard InChI is InChI=1S/C30H31IO7.C2H6/c1-16-17(2)30(21-6-9-23-27(13-21)36-15-34-23)38-29(16)20-7-10-24(25(12-20)32-4)37-18(3)28(31)19-5-8-22-26(11-19)35-14-33-22;1-2/h5-13,16-18,28-30H,14-15H2,1-4H3;1-2H3. The Morgan fingerprint density at radius 2 is 1.27 bits per heavy atom. The van der Waals surface area contributed by atoms with E-state index < -0.39 is 0 Å². The highest BCUT2D eigenvalue weighted by atomic mass is 127. The molecule has 1 saturated heterocycles. The summed E-state index contributed by atoms with van der Waals surface area (Å²) in [6.45, 7) is 11.1. The maximum Gasteiger partial charge on any atom is 0.231 e. The Hall–Kier alpha value is -2.85. The number of rotatable bonds is 7.